The number of carbonyl (C=O) groups is 2. The van der Waals surface area contributed by atoms with E-state index in [4.69, 9.17) is 9.47 Å². The second-order valence-electron chi connectivity index (χ2n) is 9.07. The Balaban J connectivity index is 1.70. The first-order valence-corrected chi connectivity index (χ1v) is 10.4. The third-order valence-corrected chi connectivity index (χ3v) is 6.02. The maximum absolute atomic E-state index is 13.2. The lowest BCUT2D eigenvalue weighted by molar-refractivity contribution is -0.142. The van der Waals surface area contributed by atoms with Gasteiger partial charge in [-0.1, -0.05) is 44.2 Å². The number of carbonyl (C=O) groups excluding carboxylic acids is 2. The molecular weight excluding hydrogens is 366 g/mol. The van der Waals surface area contributed by atoms with Crippen LogP contribution in [0.15, 0.2) is 52.9 Å². The molecule has 2 heterocycles. The van der Waals surface area contributed by atoms with Gasteiger partial charge in [-0.05, 0) is 37.2 Å². The first-order valence-electron chi connectivity index (χ1n) is 10.4. The standard InChI is InChI=1S/C24H29NO4/c1-15-20(23(27)29-14-17-10-7-11-28-17)21(16-8-5-4-6-9-16)22-18(25-15)12-24(2,3)13-19(22)26/h4-6,8-9,17,21,25H,7,10-14H2,1-3H3/t17-,21+/m1/s1. The quantitative estimate of drug-likeness (QED) is 0.781. The number of nitrogens with one attached hydrogen (secondary N) is 1. The van der Waals surface area contributed by atoms with E-state index in [-0.39, 0.29) is 29.9 Å². The lowest BCUT2D eigenvalue weighted by Crippen LogP contribution is -2.39. The van der Waals surface area contributed by atoms with Gasteiger partial charge in [0.05, 0.1) is 11.7 Å². The molecule has 5 heteroatoms. The number of allylic oxidation sites excluding steroid dienone is 3. The molecule has 1 N–H and O–H groups in total. The van der Waals surface area contributed by atoms with Crippen LogP contribution in [0.4, 0.5) is 0 Å². The molecule has 0 bridgehead atoms. The zero-order chi connectivity index (χ0) is 20.6. The van der Waals surface area contributed by atoms with Gasteiger partial charge < -0.3 is 14.8 Å². The third-order valence-electron chi connectivity index (χ3n) is 6.02. The Kier molecular flexibility index (Phi) is 5.34. The van der Waals surface area contributed by atoms with Crippen molar-refractivity contribution < 1.29 is 19.1 Å². The number of rotatable bonds is 4. The van der Waals surface area contributed by atoms with Crippen LogP contribution < -0.4 is 5.32 Å². The van der Waals surface area contributed by atoms with Crippen LogP contribution in [0.5, 0.6) is 0 Å². The molecule has 1 saturated heterocycles. The molecule has 29 heavy (non-hydrogen) atoms. The molecular formula is C24H29NO4. The van der Waals surface area contributed by atoms with Gasteiger partial charge >= 0.3 is 5.97 Å². The second kappa shape index (κ2) is 7.79. The second-order valence-corrected chi connectivity index (χ2v) is 9.07. The van der Waals surface area contributed by atoms with Crippen LogP contribution in [-0.2, 0) is 19.1 Å². The molecule has 5 nitrogen and oxygen atoms in total. The minimum absolute atomic E-state index is 0.0292. The zero-order valence-corrected chi connectivity index (χ0v) is 17.4. The molecule has 1 aliphatic carbocycles. The predicted molar refractivity (Wildman–Crippen MR) is 110 cm³/mol. The molecule has 154 valence electrons. The topological polar surface area (TPSA) is 64.6 Å². The number of hydrogen-bond donors (Lipinski definition) is 1. The summed E-state index contributed by atoms with van der Waals surface area (Å²) in [7, 11) is 0. The number of Topliss-reactive ketones (excluding diaryl/α,β-unsaturated/α-hetero) is 1. The maximum atomic E-state index is 13.2. The van der Waals surface area contributed by atoms with Crippen LogP contribution in [0, 0.1) is 5.41 Å². The highest BCUT2D eigenvalue weighted by Crippen LogP contribution is 2.46. The largest absolute Gasteiger partial charge is 0.459 e. The SMILES string of the molecule is CC1=C(C(=O)OC[C@H]2CCCO2)[C@H](c2ccccc2)C2=C(CC(C)(C)CC2=O)N1. The smallest absolute Gasteiger partial charge is 0.336 e. The Bertz CT molecular complexity index is 875. The van der Waals surface area contributed by atoms with E-state index in [1.165, 1.54) is 0 Å². The van der Waals surface area contributed by atoms with Gasteiger partial charge in [-0.2, -0.15) is 0 Å². The minimum Gasteiger partial charge on any atom is -0.459 e. The van der Waals surface area contributed by atoms with Crippen LogP contribution in [0.3, 0.4) is 0 Å². The van der Waals surface area contributed by atoms with Gasteiger partial charge in [-0.25, -0.2) is 4.79 Å². The van der Waals surface area contributed by atoms with Gasteiger partial charge in [0.2, 0.25) is 0 Å². The lowest BCUT2D eigenvalue weighted by atomic mass is 9.68. The van der Waals surface area contributed by atoms with Gasteiger partial charge in [0.15, 0.2) is 5.78 Å². The number of benzene rings is 1. The zero-order valence-electron chi connectivity index (χ0n) is 17.4. The van der Waals surface area contributed by atoms with Crippen molar-refractivity contribution in [2.24, 2.45) is 5.41 Å². The Hall–Kier alpha value is -2.40. The normalized spacial score (nSPS) is 26.2. The Labute approximate surface area is 172 Å². The summed E-state index contributed by atoms with van der Waals surface area (Å²) in [6.45, 7) is 7.09. The molecule has 2 aliphatic heterocycles. The minimum atomic E-state index is -0.395. The molecule has 0 spiro atoms. The van der Waals surface area contributed by atoms with E-state index < -0.39 is 5.92 Å². The van der Waals surface area contributed by atoms with E-state index in [0.717, 1.165) is 42.8 Å². The van der Waals surface area contributed by atoms with E-state index in [0.29, 0.717) is 17.6 Å². The summed E-state index contributed by atoms with van der Waals surface area (Å²) >= 11 is 0. The number of dihydropyridines is 1. The monoisotopic (exact) mass is 395 g/mol. The number of ether oxygens (including phenoxy) is 2. The van der Waals surface area contributed by atoms with Crippen LogP contribution >= 0.6 is 0 Å². The van der Waals surface area contributed by atoms with Gasteiger partial charge in [-0.15, -0.1) is 0 Å². The highest BCUT2D eigenvalue weighted by molar-refractivity contribution is 6.04. The maximum Gasteiger partial charge on any atom is 0.336 e. The van der Waals surface area contributed by atoms with Crippen molar-refractivity contribution in [3.8, 4) is 0 Å². The van der Waals surface area contributed by atoms with Crippen molar-refractivity contribution in [2.75, 3.05) is 13.2 Å². The fourth-order valence-electron chi connectivity index (χ4n) is 4.71. The Morgan fingerprint density at radius 1 is 1.24 bits per heavy atom. The molecule has 0 radical (unpaired) electrons. The van der Waals surface area contributed by atoms with E-state index in [1.54, 1.807) is 0 Å². The highest BCUT2D eigenvalue weighted by Gasteiger charge is 2.43. The molecule has 1 aromatic carbocycles. The number of ketones is 1. The molecule has 2 atom stereocenters. The van der Waals surface area contributed by atoms with Crippen molar-refractivity contribution in [2.45, 2.75) is 58.5 Å². The van der Waals surface area contributed by atoms with Crippen LogP contribution in [0.1, 0.15) is 57.9 Å². The first kappa shape index (κ1) is 19.9. The van der Waals surface area contributed by atoms with Crippen molar-refractivity contribution in [3.05, 3.63) is 58.4 Å². The molecule has 1 aromatic rings. The molecule has 0 unspecified atom stereocenters. The third kappa shape index (κ3) is 4.01. The fourth-order valence-corrected chi connectivity index (χ4v) is 4.71. The lowest BCUT2D eigenvalue weighted by Gasteiger charge is -2.39. The summed E-state index contributed by atoms with van der Waals surface area (Å²) in [6.07, 6.45) is 3.15. The first-order chi connectivity index (χ1) is 13.9. The van der Waals surface area contributed by atoms with Crippen molar-refractivity contribution in [1.82, 2.24) is 5.32 Å². The molecule has 3 aliphatic rings. The Morgan fingerprint density at radius 2 is 2.00 bits per heavy atom. The molecule has 0 aromatic heterocycles. The summed E-state index contributed by atoms with van der Waals surface area (Å²) in [5, 5.41) is 3.37. The van der Waals surface area contributed by atoms with E-state index in [2.05, 4.69) is 19.2 Å². The van der Waals surface area contributed by atoms with Gasteiger partial charge in [0, 0.05) is 35.9 Å². The molecule has 0 saturated carbocycles. The number of hydrogen-bond acceptors (Lipinski definition) is 5. The fraction of sp³-hybridized carbons (Fsp3) is 0.500. The summed E-state index contributed by atoms with van der Waals surface area (Å²) < 4.78 is 11.2. The molecule has 0 amide bonds. The van der Waals surface area contributed by atoms with Crippen LogP contribution in [0.25, 0.3) is 0 Å². The van der Waals surface area contributed by atoms with E-state index >= 15 is 0 Å². The average Bonchev–Trinajstić information content (AvgIpc) is 3.18. The highest BCUT2D eigenvalue weighted by atomic mass is 16.6. The van der Waals surface area contributed by atoms with Gasteiger partial charge in [0.25, 0.3) is 0 Å². The molecule has 4 rings (SSSR count). The summed E-state index contributed by atoms with van der Waals surface area (Å²) in [6, 6.07) is 9.79. The van der Waals surface area contributed by atoms with Crippen molar-refractivity contribution >= 4 is 11.8 Å². The summed E-state index contributed by atoms with van der Waals surface area (Å²) in [5.74, 6) is -0.661. The van der Waals surface area contributed by atoms with Gasteiger partial charge in [-0.3, -0.25) is 4.79 Å². The predicted octanol–water partition coefficient (Wildman–Crippen LogP) is 4.01. The van der Waals surface area contributed by atoms with Gasteiger partial charge in [0.1, 0.15) is 6.61 Å². The summed E-state index contributed by atoms with van der Waals surface area (Å²) in [5.41, 5.74) is 3.79. The van der Waals surface area contributed by atoms with Crippen molar-refractivity contribution in [1.29, 1.82) is 0 Å². The van der Waals surface area contributed by atoms with Crippen LogP contribution in [0.2, 0.25) is 0 Å². The summed E-state index contributed by atoms with van der Waals surface area (Å²) in [4.78, 5) is 26.3. The molecule has 1 fully saturated rings. The van der Waals surface area contributed by atoms with Crippen molar-refractivity contribution in [3.63, 3.8) is 0 Å². The van der Waals surface area contributed by atoms with Crippen LogP contribution in [-0.4, -0.2) is 31.1 Å². The van der Waals surface area contributed by atoms with E-state index in [9.17, 15) is 9.59 Å². The van der Waals surface area contributed by atoms with E-state index in [1.807, 2.05) is 37.3 Å². The Morgan fingerprint density at radius 3 is 2.69 bits per heavy atom. The number of esters is 1. The average molecular weight is 395 g/mol.